The number of fused-ring (bicyclic) bond motifs is 1. The standard InChI is InChI=1S/C17H24N6O/c1-2-22-11-7-14-13(12-22)16(17(24)20-10-5-8-18)21-23(14)15-6-3-4-9-19-15/h3-4,6,9H,2,5,7-8,10-12,18H2,1H3,(H,20,24). The summed E-state index contributed by atoms with van der Waals surface area (Å²) in [4.78, 5) is 19.3. The van der Waals surface area contributed by atoms with Gasteiger partial charge in [0.1, 0.15) is 0 Å². The van der Waals surface area contributed by atoms with Gasteiger partial charge in [0.05, 0.1) is 5.69 Å². The average Bonchev–Trinajstić information content (AvgIpc) is 3.01. The number of pyridine rings is 1. The zero-order valence-electron chi connectivity index (χ0n) is 14.0. The van der Waals surface area contributed by atoms with Crippen molar-refractivity contribution in [1.29, 1.82) is 0 Å². The predicted octanol–water partition coefficient (Wildman–Crippen LogP) is 0.724. The number of likely N-dealkylation sites (N-methyl/N-ethyl adjacent to an activating group) is 1. The zero-order valence-corrected chi connectivity index (χ0v) is 14.0. The fraction of sp³-hybridized carbons (Fsp3) is 0.471. The van der Waals surface area contributed by atoms with Crippen molar-refractivity contribution in [2.75, 3.05) is 26.2 Å². The van der Waals surface area contributed by atoms with Crippen LogP contribution in [0.4, 0.5) is 0 Å². The van der Waals surface area contributed by atoms with Crippen molar-refractivity contribution >= 4 is 5.91 Å². The third kappa shape index (κ3) is 3.32. The number of amides is 1. The van der Waals surface area contributed by atoms with Crippen molar-refractivity contribution in [2.24, 2.45) is 5.73 Å². The second kappa shape index (κ2) is 7.55. The summed E-state index contributed by atoms with van der Waals surface area (Å²) in [6.45, 7) is 5.94. The Kier molecular flexibility index (Phi) is 5.22. The molecule has 7 heteroatoms. The number of carbonyl (C=O) groups is 1. The van der Waals surface area contributed by atoms with E-state index in [0.717, 1.165) is 49.6 Å². The number of hydrogen-bond acceptors (Lipinski definition) is 5. The van der Waals surface area contributed by atoms with Crippen LogP contribution >= 0.6 is 0 Å². The molecule has 0 fully saturated rings. The van der Waals surface area contributed by atoms with Gasteiger partial charge in [-0.1, -0.05) is 13.0 Å². The maximum Gasteiger partial charge on any atom is 0.272 e. The van der Waals surface area contributed by atoms with E-state index in [2.05, 4.69) is 27.2 Å². The number of hydrogen-bond donors (Lipinski definition) is 2. The molecule has 3 heterocycles. The van der Waals surface area contributed by atoms with Gasteiger partial charge < -0.3 is 11.1 Å². The molecule has 0 saturated heterocycles. The van der Waals surface area contributed by atoms with Gasteiger partial charge in [-0.15, -0.1) is 0 Å². The van der Waals surface area contributed by atoms with E-state index in [1.54, 1.807) is 6.20 Å². The Morgan fingerprint density at radius 1 is 1.42 bits per heavy atom. The highest BCUT2D eigenvalue weighted by atomic mass is 16.1. The van der Waals surface area contributed by atoms with Crippen LogP contribution in [-0.4, -0.2) is 51.8 Å². The largest absolute Gasteiger partial charge is 0.351 e. The molecule has 7 nitrogen and oxygen atoms in total. The fourth-order valence-electron chi connectivity index (χ4n) is 2.98. The van der Waals surface area contributed by atoms with Gasteiger partial charge in [0.15, 0.2) is 11.5 Å². The molecule has 1 aliphatic heterocycles. The minimum atomic E-state index is -0.132. The van der Waals surface area contributed by atoms with Gasteiger partial charge in [-0.25, -0.2) is 9.67 Å². The van der Waals surface area contributed by atoms with Crippen molar-refractivity contribution in [3.8, 4) is 5.82 Å². The van der Waals surface area contributed by atoms with Crippen molar-refractivity contribution in [3.63, 3.8) is 0 Å². The molecule has 2 aromatic rings. The van der Waals surface area contributed by atoms with Gasteiger partial charge in [-0.3, -0.25) is 9.69 Å². The molecule has 3 N–H and O–H groups in total. The fourth-order valence-corrected chi connectivity index (χ4v) is 2.98. The van der Waals surface area contributed by atoms with E-state index in [9.17, 15) is 4.79 Å². The number of nitrogens with two attached hydrogens (primary N) is 1. The van der Waals surface area contributed by atoms with E-state index in [1.807, 2.05) is 22.9 Å². The summed E-state index contributed by atoms with van der Waals surface area (Å²) in [6, 6.07) is 5.72. The van der Waals surface area contributed by atoms with E-state index in [1.165, 1.54) is 0 Å². The molecule has 0 aliphatic carbocycles. The van der Waals surface area contributed by atoms with E-state index in [0.29, 0.717) is 18.8 Å². The summed E-state index contributed by atoms with van der Waals surface area (Å²) in [7, 11) is 0. The Labute approximate surface area is 141 Å². The van der Waals surface area contributed by atoms with Gasteiger partial charge in [0, 0.05) is 37.8 Å². The third-order valence-corrected chi connectivity index (χ3v) is 4.33. The van der Waals surface area contributed by atoms with Crippen molar-refractivity contribution in [1.82, 2.24) is 25.0 Å². The van der Waals surface area contributed by atoms with Gasteiger partial charge in [-0.2, -0.15) is 5.10 Å². The molecule has 0 unspecified atom stereocenters. The molecule has 0 spiro atoms. The Bertz CT molecular complexity index is 697. The Morgan fingerprint density at radius 2 is 2.29 bits per heavy atom. The molecule has 1 amide bonds. The summed E-state index contributed by atoms with van der Waals surface area (Å²) in [5.74, 6) is 0.618. The van der Waals surface area contributed by atoms with Crippen molar-refractivity contribution < 1.29 is 4.79 Å². The van der Waals surface area contributed by atoms with Crippen LogP contribution < -0.4 is 11.1 Å². The lowest BCUT2D eigenvalue weighted by molar-refractivity contribution is 0.0946. The second-order valence-electron chi connectivity index (χ2n) is 5.89. The molecular formula is C17H24N6O. The minimum absolute atomic E-state index is 0.132. The molecule has 2 aromatic heterocycles. The van der Waals surface area contributed by atoms with Crippen LogP contribution in [0.3, 0.4) is 0 Å². The first-order valence-corrected chi connectivity index (χ1v) is 8.47. The molecule has 0 saturated carbocycles. The molecule has 3 rings (SSSR count). The van der Waals surface area contributed by atoms with Crippen molar-refractivity contribution in [3.05, 3.63) is 41.3 Å². The van der Waals surface area contributed by atoms with Crippen LogP contribution in [0, 0.1) is 0 Å². The highest BCUT2D eigenvalue weighted by Gasteiger charge is 2.28. The monoisotopic (exact) mass is 328 g/mol. The van der Waals surface area contributed by atoms with E-state index in [-0.39, 0.29) is 5.91 Å². The predicted molar refractivity (Wildman–Crippen MR) is 92.0 cm³/mol. The Balaban J connectivity index is 1.96. The van der Waals surface area contributed by atoms with Gasteiger partial charge in [-0.05, 0) is 31.6 Å². The van der Waals surface area contributed by atoms with E-state index >= 15 is 0 Å². The van der Waals surface area contributed by atoms with Crippen LogP contribution in [0.1, 0.15) is 35.1 Å². The zero-order chi connectivity index (χ0) is 16.9. The number of carbonyl (C=O) groups excluding carboxylic acids is 1. The summed E-state index contributed by atoms with van der Waals surface area (Å²) in [6.07, 6.45) is 3.37. The molecular weight excluding hydrogens is 304 g/mol. The average molecular weight is 328 g/mol. The topological polar surface area (TPSA) is 89.1 Å². The first-order chi connectivity index (χ1) is 11.7. The lowest BCUT2D eigenvalue weighted by atomic mass is 10.0. The molecule has 0 aromatic carbocycles. The van der Waals surface area contributed by atoms with Gasteiger partial charge >= 0.3 is 0 Å². The summed E-state index contributed by atoms with van der Waals surface area (Å²) >= 11 is 0. The van der Waals surface area contributed by atoms with Crippen LogP contribution in [-0.2, 0) is 13.0 Å². The Morgan fingerprint density at radius 3 is 3.00 bits per heavy atom. The molecule has 1 aliphatic rings. The molecule has 0 bridgehead atoms. The lowest BCUT2D eigenvalue weighted by Gasteiger charge is -2.26. The number of rotatable bonds is 6. The third-order valence-electron chi connectivity index (χ3n) is 4.33. The number of aromatic nitrogens is 3. The highest BCUT2D eigenvalue weighted by Crippen LogP contribution is 2.24. The lowest BCUT2D eigenvalue weighted by Crippen LogP contribution is -2.33. The molecule has 0 atom stereocenters. The first-order valence-electron chi connectivity index (χ1n) is 8.47. The summed E-state index contributed by atoms with van der Waals surface area (Å²) in [5.41, 5.74) is 8.10. The first kappa shape index (κ1) is 16.6. The SMILES string of the molecule is CCN1CCc2c(c(C(=O)NCCCN)nn2-c2ccccn2)C1. The molecule has 128 valence electrons. The summed E-state index contributed by atoms with van der Waals surface area (Å²) in [5, 5.41) is 7.51. The number of nitrogens with one attached hydrogen (secondary N) is 1. The van der Waals surface area contributed by atoms with E-state index < -0.39 is 0 Å². The maximum absolute atomic E-state index is 12.6. The quantitative estimate of drug-likeness (QED) is 0.763. The Hall–Kier alpha value is -2.25. The molecule has 24 heavy (non-hydrogen) atoms. The van der Waals surface area contributed by atoms with Crippen LogP contribution in [0.25, 0.3) is 5.82 Å². The number of nitrogens with zero attached hydrogens (tertiary/aromatic N) is 4. The van der Waals surface area contributed by atoms with Gasteiger partial charge in [0.2, 0.25) is 0 Å². The second-order valence-corrected chi connectivity index (χ2v) is 5.89. The normalized spacial score (nSPS) is 14.4. The molecule has 0 radical (unpaired) electrons. The van der Waals surface area contributed by atoms with Crippen LogP contribution in [0.2, 0.25) is 0 Å². The smallest absolute Gasteiger partial charge is 0.272 e. The van der Waals surface area contributed by atoms with Crippen LogP contribution in [0.15, 0.2) is 24.4 Å². The van der Waals surface area contributed by atoms with Crippen molar-refractivity contribution in [2.45, 2.75) is 26.3 Å². The maximum atomic E-state index is 12.6. The van der Waals surface area contributed by atoms with Crippen LogP contribution in [0.5, 0.6) is 0 Å². The minimum Gasteiger partial charge on any atom is -0.351 e. The summed E-state index contributed by atoms with van der Waals surface area (Å²) < 4.78 is 1.82. The van der Waals surface area contributed by atoms with Gasteiger partial charge in [0.25, 0.3) is 5.91 Å². The van der Waals surface area contributed by atoms with E-state index in [4.69, 9.17) is 5.73 Å². The highest BCUT2D eigenvalue weighted by molar-refractivity contribution is 5.94.